The zero-order chi connectivity index (χ0) is 21.8. The Balaban J connectivity index is 1.82. The van der Waals surface area contributed by atoms with E-state index < -0.39 is 35.9 Å². The molecule has 3 unspecified atom stereocenters. The molecule has 30 heavy (non-hydrogen) atoms. The van der Waals surface area contributed by atoms with Gasteiger partial charge in [0.1, 0.15) is 29.9 Å². The third-order valence-electron chi connectivity index (χ3n) is 6.26. The Morgan fingerprint density at radius 3 is 2.57 bits per heavy atom. The molecule has 0 radical (unpaired) electrons. The van der Waals surface area contributed by atoms with E-state index in [2.05, 4.69) is 17.1 Å². The highest BCUT2D eigenvalue weighted by Gasteiger charge is 2.47. The molecule has 7 nitrogen and oxygen atoms in total. The molecule has 0 aliphatic carbocycles. The second-order valence-electron chi connectivity index (χ2n) is 8.42. The summed E-state index contributed by atoms with van der Waals surface area (Å²) in [4.78, 5) is 15.3. The highest BCUT2D eigenvalue weighted by molar-refractivity contribution is 7.99. The normalized spacial score (nSPS) is 35.9. The average molecular weight is 439 g/mol. The quantitative estimate of drug-likeness (QED) is 0.506. The van der Waals surface area contributed by atoms with Gasteiger partial charge in [-0.25, -0.2) is 0 Å². The predicted molar refractivity (Wildman–Crippen MR) is 117 cm³/mol. The summed E-state index contributed by atoms with van der Waals surface area (Å²) in [6, 6.07) is 8.45. The molecule has 2 heterocycles. The van der Waals surface area contributed by atoms with Gasteiger partial charge in [-0.15, -0.1) is 11.8 Å². The zero-order valence-corrected chi connectivity index (χ0v) is 18.7. The second kappa shape index (κ2) is 10.4. The van der Waals surface area contributed by atoms with Gasteiger partial charge in [-0.05, 0) is 37.6 Å². The fourth-order valence-corrected chi connectivity index (χ4v) is 5.32. The highest BCUT2D eigenvalue weighted by atomic mass is 32.2. The van der Waals surface area contributed by atoms with E-state index in [1.165, 1.54) is 11.8 Å². The van der Waals surface area contributed by atoms with Crippen molar-refractivity contribution in [2.24, 2.45) is 5.92 Å². The van der Waals surface area contributed by atoms with Gasteiger partial charge >= 0.3 is 0 Å². The molecule has 1 amide bonds. The molecule has 0 bridgehead atoms. The topological polar surface area (TPSA) is 102 Å². The molecule has 2 aliphatic heterocycles. The summed E-state index contributed by atoms with van der Waals surface area (Å²) in [6.07, 6.45) is 0.000694. The number of benzene rings is 1. The minimum absolute atomic E-state index is 0.109. The standard InChI is InChI=1S/C22H34N2O5S/c1-4-8-13-11-15(24(2)12-13)21(28)23-16(14-9-6-5-7-10-14)20-18(26)17(25)19(27)22(29-20)30-3/h5-7,9-10,13,15-20,22,25-27H,4,8,11-12H2,1-3H3,(H,23,28)/t13?,15?,16?,17-,18+,19+,20+,22+/m0/s1. The summed E-state index contributed by atoms with van der Waals surface area (Å²) in [5.41, 5.74) is 0.0868. The van der Waals surface area contributed by atoms with Crippen LogP contribution in [-0.2, 0) is 9.53 Å². The number of rotatable bonds is 7. The van der Waals surface area contributed by atoms with Crippen LogP contribution < -0.4 is 5.32 Å². The van der Waals surface area contributed by atoms with Crippen LogP contribution in [0.5, 0.6) is 0 Å². The van der Waals surface area contributed by atoms with Gasteiger partial charge in [-0.2, -0.15) is 0 Å². The van der Waals surface area contributed by atoms with Gasteiger partial charge in [0.2, 0.25) is 5.91 Å². The molecule has 2 aliphatic rings. The number of hydrogen-bond donors (Lipinski definition) is 4. The Labute approximate surface area is 182 Å². The molecular weight excluding hydrogens is 404 g/mol. The number of likely N-dealkylation sites (N-methyl/N-ethyl adjacent to an activating group) is 1. The molecule has 4 N–H and O–H groups in total. The first-order chi connectivity index (χ1) is 14.4. The third kappa shape index (κ3) is 5.00. The van der Waals surface area contributed by atoms with E-state index in [1.54, 1.807) is 6.26 Å². The van der Waals surface area contributed by atoms with Crippen LogP contribution in [0, 0.1) is 5.92 Å². The van der Waals surface area contributed by atoms with E-state index in [9.17, 15) is 20.1 Å². The number of thioether (sulfide) groups is 1. The Morgan fingerprint density at radius 1 is 1.23 bits per heavy atom. The molecule has 8 heteroatoms. The first-order valence-electron chi connectivity index (χ1n) is 10.6. The van der Waals surface area contributed by atoms with E-state index in [1.807, 2.05) is 37.4 Å². The Hall–Kier alpha value is -1.16. The highest BCUT2D eigenvalue weighted by Crippen LogP contribution is 2.34. The summed E-state index contributed by atoms with van der Waals surface area (Å²) in [5, 5.41) is 34.3. The van der Waals surface area contributed by atoms with E-state index in [0.29, 0.717) is 5.92 Å². The number of aliphatic hydroxyl groups is 3. The maximum atomic E-state index is 13.2. The number of nitrogens with one attached hydrogen (secondary N) is 1. The number of hydrogen-bond acceptors (Lipinski definition) is 7. The van der Waals surface area contributed by atoms with Crippen molar-refractivity contribution in [3.8, 4) is 0 Å². The number of aliphatic hydroxyl groups excluding tert-OH is 3. The lowest BCUT2D eigenvalue weighted by Gasteiger charge is -2.43. The number of likely N-dealkylation sites (tertiary alicyclic amines) is 1. The van der Waals surface area contributed by atoms with Crippen LogP contribution in [0.2, 0.25) is 0 Å². The fraction of sp³-hybridized carbons (Fsp3) is 0.682. The van der Waals surface area contributed by atoms with Crippen molar-refractivity contribution in [3.05, 3.63) is 35.9 Å². The van der Waals surface area contributed by atoms with Crippen molar-refractivity contribution in [2.45, 2.75) is 68.1 Å². The van der Waals surface area contributed by atoms with Crippen LogP contribution in [-0.4, -0.2) is 81.9 Å². The van der Waals surface area contributed by atoms with Crippen molar-refractivity contribution in [2.75, 3.05) is 19.8 Å². The first kappa shape index (κ1) is 23.5. The molecule has 168 valence electrons. The second-order valence-corrected chi connectivity index (χ2v) is 9.36. The largest absolute Gasteiger partial charge is 0.387 e. The molecule has 2 saturated heterocycles. The van der Waals surface area contributed by atoms with Crippen LogP contribution in [0.25, 0.3) is 0 Å². The van der Waals surface area contributed by atoms with Gasteiger partial charge in [0.25, 0.3) is 0 Å². The molecule has 8 atom stereocenters. The van der Waals surface area contributed by atoms with E-state index in [4.69, 9.17) is 4.74 Å². The SMILES string of the molecule is CCCC1CC(C(=O)NC(c2ccccc2)[C@H]2O[C@H](SC)[C@H](O)[C@@H](O)[C@H]2O)N(C)C1. The van der Waals surface area contributed by atoms with Crippen LogP contribution in [0.4, 0.5) is 0 Å². The van der Waals surface area contributed by atoms with E-state index in [0.717, 1.165) is 31.4 Å². The van der Waals surface area contributed by atoms with Crippen LogP contribution in [0.15, 0.2) is 30.3 Å². The molecule has 0 spiro atoms. The van der Waals surface area contributed by atoms with E-state index in [-0.39, 0.29) is 11.9 Å². The lowest BCUT2D eigenvalue weighted by Crippen LogP contribution is -2.60. The predicted octanol–water partition coefficient (Wildman–Crippen LogP) is 1.13. The molecule has 1 aromatic rings. The average Bonchev–Trinajstić information content (AvgIpc) is 3.12. The zero-order valence-electron chi connectivity index (χ0n) is 17.8. The van der Waals surface area contributed by atoms with Crippen LogP contribution in [0.3, 0.4) is 0 Å². The smallest absolute Gasteiger partial charge is 0.237 e. The molecular formula is C22H34N2O5S. The maximum Gasteiger partial charge on any atom is 0.237 e. The molecule has 2 fully saturated rings. The summed E-state index contributed by atoms with van der Waals surface area (Å²) in [6.45, 7) is 3.05. The van der Waals surface area contributed by atoms with Gasteiger partial charge in [-0.1, -0.05) is 43.7 Å². The first-order valence-corrected chi connectivity index (χ1v) is 11.9. The number of ether oxygens (including phenoxy) is 1. The third-order valence-corrected chi connectivity index (χ3v) is 7.11. The summed E-state index contributed by atoms with van der Waals surface area (Å²) in [7, 11) is 1.97. The van der Waals surface area contributed by atoms with Crippen LogP contribution in [0.1, 0.15) is 37.8 Å². The van der Waals surface area contributed by atoms with Crippen LogP contribution >= 0.6 is 11.8 Å². The fourth-order valence-electron chi connectivity index (χ4n) is 4.64. The summed E-state index contributed by atoms with van der Waals surface area (Å²) in [5.74, 6) is 0.391. The van der Waals surface area contributed by atoms with Crippen molar-refractivity contribution in [1.29, 1.82) is 0 Å². The summed E-state index contributed by atoms with van der Waals surface area (Å²) >= 11 is 1.26. The monoisotopic (exact) mass is 438 g/mol. The van der Waals surface area contributed by atoms with Gasteiger partial charge in [0, 0.05) is 6.54 Å². The van der Waals surface area contributed by atoms with Crippen molar-refractivity contribution >= 4 is 17.7 Å². The van der Waals surface area contributed by atoms with Gasteiger partial charge < -0.3 is 25.4 Å². The Kier molecular flexibility index (Phi) is 8.17. The number of nitrogens with zero attached hydrogens (tertiary/aromatic N) is 1. The minimum atomic E-state index is -1.35. The van der Waals surface area contributed by atoms with Gasteiger partial charge in [0.05, 0.1) is 12.1 Å². The molecule has 0 saturated carbocycles. The minimum Gasteiger partial charge on any atom is -0.387 e. The Morgan fingerprint density at radius 2 is 1.93 bits per heavy atom. The number of amides is 1. The van der Waals surface area contributed by atoms with Crippen molar-refractivity contribution in [3.63, 3.8) is 0 Å². The van der Waals surface area contributed by atoms with E-state index >= 15 is 0 Å². The van der Waals surface area contributed by atoms with Crippen molar-refractivity contribution < 1.29 is 24.9 Å². The van der Waals surface area contributed by atoms with Crippen molar-refractivity contribution in [1.82, 2.24) is 10.2 Å². The number of carbonyl (C=O) groups excluding carboxylic acids is 1. The Bertz CT molecular complexity index is 691. The lowest BCUT2D eigenvalue weighted by molar-refractivity contribution is -0.206. The molecule has 3 rings (SSSR count). The lowest BCUT2D eigenvalue weighted by atomic mass is 9.90. The van der Waals surface area contributed by atoms with Gasteiger partial charge in [0.15, 0.2) is 0 Å². The molecule has 0 aromatic heterocycles. The summed E-state index contributed by atoms with van der Waals surface area (Å²) < 4.78 is 5.97. The number of carbonyl (C=O) groups is 1. The molecule has 1 aromatic carbocycles. The van der Waals surface area contributed by atoms with Gasteiger partial charge in [-0.3, -0.25) is 9.69 Å². The maximum absolute atomic E-state index is 13.2.